The molecule has 1 heterocycles. The van der Waals surface area contributed by atoms with Crippen LogP contribution in [0.3, 0.4) is 0 Å². The number of amides is 2. The van der Waals surface area contributed by atoms with Crippen molar-refractivity contribution in [3.8, 4) is 0 Å². The minimum atomic E-state index is -0.623. The fraction of sp³-hybridized carbons (Fsp3) is 0.800. The Labute approximate surface area is 194 Å². The van der Waals surface area contributed by atoms with E-state index in [2.05, 4.69) is 17.1 Å². The lowest BCUT2D eigenvalue weighted by Crippen LogP contribution is -2.58. The van der Waals surface area contributed by atoms with E-state index >= 15 is 0 Å². The molecule has 0 aromatic heterocycles. The molecule has 1 aliphatic rings. The van der Waals surface area contributed by atoms with E-state index in [0.717, 1.165) is 25.8 Å². The maximum absolute atomic E-state index is 13.5. The van der Waals surface area contributed by atoms with Crippen molar-refractivity contribution >= 4 is 17.8 Å². The molecule has 1 N–H and O–H groups in total. The monoisotopic (exact) mass is 451 g/mol. The maximum Gasteiger partial charge on any atom is 0.333 e. The molecule has 2 amide bonds. The van der Waals surface area contributed by atoms with Crippen molar-refractivity contribution in [1.82, 2.24) is 15.1 Å². The number of nitrogens with zero attached hydrogens (tertiary/aromatic N) is 2. The SMILES string of the molecule is CCOC(=O)/C(C)=C/C(C(C)C)N(C)C(=O)C(NC(=O)[C@@H]1CCC(CC)CN1C)C(C)C. The predicted octanol–water partition coefficient (Wildman–Crippen LogP) is 3.24. The molecule has 184 valence electrons. The summed E-state index contributed by atoms with van der Waals surface area (Å²) in [7, 11) is 3.73. The Morgan fingerprint density at radius 2 is 1.75 bits per heavy atom. The van der Waals surface area contributed by atoms with Crippen LogP contribution in [0.15, 0.2) is 11.6 Å². The number of esters is 1. The van der Waals surface area contributed by atoms with Gasteiger partial charge in [-0.1, -0.05) is 47.1 Å². The molecule has 1 aliphatic heterocycles. The van der Waals surface area contributed by atoms with Gasteiger partial charge in [0.1, 0.15) is 6.04 Å². The smallest absolute Gasteiger partial charge is 0.333 e. The molecule has 3 unspecified atom stereocenters. The van der Waals surface area contributed by atoms with Crippen LogP contribution >= 0.6 is 0 Å². The number of likely N-dealkylation sites (N-methyl/N-ethyl adjacent to an activating group) is 2. The molecule has 7 nitrogen and oxygen atoms in total. The standard InChI is InChI=1S/C25H45N3O4/c1-10-19-12-13-20(27(8)15-19)23(29)26-22(17(5)6)24(30)28(9)21(16(3)4)14-18(7)25(31)32-11-2/h14,16-17,19-22H,10-13,15H2,1-9H3,(H,26,29)/b18-14+/t19?,20-,21?,22?/m0/s1. The zero-order valence-electron chi connectivity index (χ0n) is 21.6. The first-order valence-electron chi connectivity index (χ1n) is 12.1. The van der Waals surface area contributed by atoms with Crippen LogP contribution in [0.1, 0.15) is 67.7 Å². The van der Waals surface area contributed by atoms with E-state index in [1.807, 2.05) is 34.7 Å². The lowest BCUT2D eigenvalue weighted by atomic mass is 9.90. The molecule has 1 rings (SSSR count). The van der Waals surface area contributed by atoms with E-state index in [0.29, 0.717) is 18.1 Å². The summed E-state index contributed by atoms with van der Waals surface area (Å²) in [6, 6.07) is -1.11. The second kappa shape index (κ2) is 13.0. The van der Waals surface area contributed by atoms with Crippen molar-refractivity contribution in [1.29, 1.82) is 0 Å². The van der Waals surface area contributed by atoms with Gasteiger partial charge in [-0.2, -0.15) is 0 Å². The first-order chi connectivity index (χ1) is 14.9. The minimum Gasteiger partial charge on any atom is -0.463 e. The van der Waals surface area contributed by atoms with Crippen molar-refractivity contribution in [2.75, 3.05) is 27.2 Å². The van der Waals surface area contributed by atoms with E-state index in [-0.39, 0.29) is 41.7 Å². The molecule has 0 bridgehead atoms. The zero-order valence-corrected chi connectivity index (χ0v) is 21.6. The van der Waals surface area contributed by atoms with Gasteiger partial charge in [-0.25, -0.2) is 4.79 Å². The molecule has 0 saturated carbocycles. The normalized spacial score (nSPS) is 21.9. The van der Waals surface area contributed by atoms with Crippen molar-refractivity contribution in [3.05, 3.63) is 11.6 Å². The van der Waals surface area contributed by atoms with Crippen LogP contribution in [0.4, 0.5) is 0 Å². The quantitative estimate of drug-likeness (QED) is 0.407. The van der Waals surface area contributed by atoms with E-state index in [4.69, 9.17) is 4.74 Å². The number of carbonyl (C=O) groups is 3. The van der Waals surface area contributed by atoms with Gasteiger partial charge < -0.3 is 15.0 Å². The van der Waals surface area contributed by atoms with Crippen molar-refractivity contribution < 1.29 is 19.1 Å². The van der Waals surface area contributed by atoms with Gasteiger partial charge in [-0.3, -0.25) is 14.5 Å². The Balaban J connectivity index is 2.99. The Morgan fingerprint density at radius 1 is 1.12 bits per heavy atom. The van der Waals surface area contributed by atoms with Crippen LogP contribution in [-0.2, 0) is 19.1 Å². The number of piperidine rings is 1. The molecular weight excluding hydrogens is 406 g/mol. The molecule has 0 spiro atoms. The van der Waals surface area contributed by atoms with Gasteiger partial charge in [0.05, 0.1) is 18.7 Å². The number of carbonyl (C=O) groups excluding carboxylic acids is 3. The number of hydrogen-bond acceptors (Lipinski definition) is 5. The molecule has 7 heteroatoms. The Morgan fingerprint density at radius 3 is 2.22 bits per heavy atom. The summed E-state index contributed by atoms with van der Waals surface area (Å²) in [5.41, 5.74) is 0.477. The van der Waals surface area contributed by atoms with Gasteiger partial charge in [-0.05, 0) is 51.5 Å². The Hall–Kier alpha value is -1.89. The van der Waals surface area contributed by atoms with Crippen LogP contribution < -0.4 is 5.32 Å². The third-order valence-corrected chi connectivity index (χ3v) is 6.53. The molecular formula is C25H45N3O4. The van der Waals surface area contributed by atoms with Crippen LogP contribution in [0.5, 0.6) is 0 Å². The fourth-order valence-corrected chi connectivity index (χ4v) is 4.35. The highest BCUT2D eigenvalue weighted by Gasteiger charge is 2.35. The lowest BCUT2D eigenvalue weighted by Gasteiger charge is -2.38. The van der Waals surface area contributed by atoms with Crippen LogP contribution in [0.25, 0.3) is 0 Å². The van der Waals surface area contributed by atoms with Crippen LogP contribution in [0.2, 0.25) is 0 Å². The molecule has 0 aromatic rings. The highest BCUT2D eigenvalue weighted by atomic mass is 16.5. The first kappa shape index (κ1) is 28.1. The highest BCUT2D eigenvalue weighted by Crippen LogP contribution is 2.24. The molecule has 0 aliphatic carbocycles. The number of nitrogens with one attached hydrogen (secondary N) is 1. The Bertz CT molecular complexity index is 674. The van der Waals surface area contributed by atoms with Crippen molar-refractivity contribution in [3.63, 3.8) is 0 Å². The second-order valence-corrected chi connectivity index (χ2v) is 9.79. The number of rotatable bonds is 10. The molecule has 0 radical (unpaired) electrons. The molecule has 0 aromatic carbocycles. The highest BCUT2D eigenvalue weighted by molar-refractivity contribution is 5.91. The summed E-state index contributed by atoms with van der Waals surface area (Å²) in [5, 5.41) is 3.04. The fourth-order valence-electron chi connectivity index (χ4n) is 4.35. The first-order valence-corrected chi connectivity index (χ1v) is 12.1. The van der Waals surface area contributed by atoms with Crippen LogP contribution in [0, 0.1) is 17.8 Å². The number of hydrogen-bond donors (Lipinski definition) is 1. The predicted molar refractivity (Wildman–Crippen MR) is 128 cm³/mol. The van der Waals surface area contributed by atoms with Gasteiger partial charge >= 0.3 is 5.97 Å². The third-order valence-electron chi connectivity index (χ3n) is 6.53. The zero-order chi connectivity index (χ0) is 24.6. The average molecular weight is 452 g/mol. The van der Waals surface area contributed by atoms with Gasteiger partial charge in [0.2, 0.25) is 11.8 Å². The number of likely N-dealkylation sites (tertiary alicyclic amines) is 1. The van der Waals surface area contributed by atoms with E-state index in [1.165, 1.54) is 0 Å². The molecule has 32 heavy (non-hydrogen) atoms. The minimum absolute atomic E-state index is 0.0610. The summed E-state index contributed by atoms with van der Waals surface area (Å²) >= 11 is 0. The lowest BCUT2D eigenvalue weighted by molar-refractivity contribution is -0.140. The van der Waals surface area contributed by atoms with E-state index < -0.39 is 6.04 Å². The van der Waals surface area contributed by atoms with Gasteiger partial charge in [0.15, 0.2) is 0 Å². The maximum atomic E-state index is 13.5. The number of ether oxygens (including phenoxy) is 1. The summed E-state index contributed by atoms with van der Waals surface area (Å²) in [5.74, 6) is 0.0468. The van der Waals surface area contributed by atoms with Gasteiger partial charge in [0, 0.05) is 19.2 Å². The van der Waals surface area contributed by atoms with Crippen molar-refractivity contribution in [2.24, 2.45) is 17.8 Å². The summed E-state index contributed by atoms with van der Waals surface area (Å²) in [6.45, 7) is 14.8. The largest absolute Gasteiger partial charge is 0.463 e. The van der Waals surface area contributed by atoms with E-state index in [9.17, 15) is 14.4 Å². The van der Waals surface area contributed by atoms with Gasteiger partial charge in [0.25, 0.3) is 0 Å². The topological polar surface area (TPSA) is 79.0 Å². The third kappa shape index (κ3) is 7.61. The van der Waals surface area contributed by atoms with E-state index in [1.54, 1.807) is 31.9 Å². The summed E-state index contributed by atoms with van der Waals surface area (Å²) in [6.07, 6.45) is 4.75. The molecule has 1 fully saturated rings. The average Bonchev–Trinajstić information content (AvgIpc) is 2.73. The van der Waals surface area contributed by atoms with Crippen molar-refractivity contribution in [2.45, 2.75) is 85.9 Å². The molecule has 4 atom stereocenters. The summed E-state index contributed by atoms with van der Waals surface area (Å²) in [4.78, 5) is 42.4. The van der Waals surface area contributed by atoms with Gasteiger partial charge in [-0.15, -0.1) is 0 Å². The van der Waals surface area contributed by atoms with Crippen LogP contribution in [-0.4, -0.2) is 73.0 Å². The molecule has 1 saturated heterocycles. The Kier molecular flexibility index (Phi) is 11.4. The second-order valence-electron chi connectivity index (χ2n) is 9.79. The summed E-state index contributed by atoms with van der Waals surface area (Å²) < 4.78 is 5.08.